The first-order chi connectivity index (χ1) is 12.8. The molecule has 0 bridgehead atoms. The third-order valence-electron chi connectivity index (χ3n) is 3.56. The minimum Gasteiger partial charge on any atom is -0.454 e. The van der Waals surface area contributed by atoms with Crippen molar-refractivity contribution >= 4 is 29.4 Å². The Morgan fingerprint density at radius 1 is 1.07 bits per heavy atom. The van der Waals surface area contributed by atoms with Crippen molar-refractivity contribution in [1.29, 1.82) is 0 Å². The molecule has 27 heavy (non-hydrogen) atoms. The predicted molar refractivity (Wildman–Crippen MR) is 97.6 cm³/mol. The number of esters is 1. The van der Waals surface area contributed by atoms with Crippen LogP contribution in [0.4, 0.5) is 4.39 Å². The molecule has 2 amide bonds. The fourth-order valence-corrected chi connectivity index (χ4v) is 2.18. The van der Waals surface area contributed by atoms with Gasteiger partial charge < -0.3 is 15.4 Å². The van der Waals surface area contributed by atoms with E-state index in [0.29, 0.717) is 16.1 Å². The topological polar surface area (TPSA) is 84.5 Å². The summed E-state index contributed by atoms with van der Waals surface area (Å²) in [7, 11) is 0. The zero-order valence-electron chi connectivity index (χ0n) is 14.5. The van der Waals surface area contributed by atoms with E-state index in [-0.39, 0.29) is 12.4 Å². The average molecular weight is 393 g/mol. The highest BCUT2D eigenvalue weighted by Crippen LogP contribution is 2.09. The summed E-state index contributed by atoms with van der Waals surface area (Å²) in [5, 5.41) is 5.52. The fourth-order valence-electron chi connectivity index (χ4n) is 2.06. The van der Waals surface area contributed by atoms with E-state index in [1.165, 1.54) is 43.3 Å². The van der Waals surface area contributed by atoms with Crippen LogP contribution in [0.1, 0.15) is 22.8 Å². The summed E-state index contributed by atoms with van der Waals surface area (Å²) in [4.78, 5) is 35.6. The van der Waals surface area contributed by atoms with Crippen molar-refractivity contribution in [2.24, 2.45) is 0 Å². The van der Waals surface area contributed by atoms with Gasteiger partial charge in [0.15, 0.2) is 6.61 Å². The normalized spacial score (nSPS) is 11.4. The molecule has 0 spiro atoms. The molecule has 2 rings (SSSR count). The van der Waals surface area contributed by atoms with Crippen molar-refractivity contribution in [3.8, 4) is 0 Å². The summed E-state index contributed by atoms with van der Waals surface area (Å²) in [6, 6.07) is 10.9. The van der Waals surface area contributed by atoms with Gasteiger partial charge in [-0.3, -0.25) is 9.59 Å². The first kappa shape index (κ1) is 20.4. The maximum atomic E-state index is 12.8. The lowest BCUT2D eigenvalue weighted by Crippen LogP contribution is -2.40. The van der Waals surface area contributed by atoms with Gasteiger partial charge in [0.2, 0.25) is 0 Å². The molecule has 0 saturated carbocycles. The van der Waals surface area contributed by atoms with Gasteiger partial charge in [0.25, 0.3) is 11.8 Å². The Bertz CT molecular complexity index is 809. The quantitative estimate of drug-likeness (QED) is 0.709. The van der Waals surface area contributed by atoms with E-state index >= 15 is 0 Å². The Labute approximate surface area is 160 Å². The lowest BCUT2D eigenvalue weighted by atomic mass is 10.2. The van der Waals surface area contributed by atoms with E-state index < -0.39 is 30.4 Å². The molecule has 0 unspecified atom stereocenters. The summed E-state index contributed by atoms with van der Waals surface area (Å²) in [5.41, 5.74) is 1.05. The van der Waals surface area contributed by atoms with Gasteiger partial charge >= 0.3 is 5.97 Å². The smallest absolute Gasteiger partial charge is 0.328 e. The number of hydrogen-bond donors (Lipinski definition) is 2. The van der Waals surface area contributed by atoms with Gasteiger partial charge in [0.05, 0.1) is 0 Å². The van der Waals surface area contributed by atoms with Crippen molar-refractivity contribution in [3.05, 3.63) is 70.5 Å². The predicted octanol–water partition coefficient (Wildman–Crippen LogP) is 2.46. The monoisotopic (exact) mass is 392 g/mol. The molecule has 1 atom stereocenters. The van der Waals surface area contributed by atoms with Gasteiger partial charge in [-0.15, -0.1) is 0 Å². The maximum absolute atomic E-state index is 12.8. The van der Waals surface area contributed by atoms with Gasteiger partial charge in [0.1, 0.15) is 11.9 Å². The Kier molecular flexibility index (Phi) is 7.31. The van der Waals surface area contributed by atoms with Crippen LogP contribution in [-0.2, 0) is 20.9 Å². The minimum atomic E-state index is -0.932. The summed E-state index contributed by atoms with van der Waals surface area (Å²) in [6.07, 6.45) is 0. The number of benzene rings is 2. The number of nitrogens with one attached hydrogen (secondary N) is 2. The van der Waals surface area contributed by atoms with Gasteiger partial charge in [-0.05, 0) is 48.9 Å². The van der Waals surface area contributed by atoms with Gasteiger partial charge in [-0.25, -0.2) is 9.18 Å². The zero-order valence-corrected chi connectivity index (χ0v) is 15.3. The SMILES string of the molecule is C[C@H](NC(=O)c1ccc(Cl)cc1)C(=O)OCC(=O)NCc1ccc(F)cc1. The summed E-state index contributed by atoms with van der Waals surface area (Å²) >= 11 is 5.75. The molecular weight excluding hydrogens is 375 g/mol. The average Bonchev–Trinajstić information content (AvgIpc) is 2.66. The van der Waals surface area contributed by atoms with E-state index in [0.717, 1.165) is 0 Å². The first-order valence-electron chi connectivity index (χ1n) is 8.09. The van der Waals surface area contributed by atoms with Gasteiger partial charge in [-0.2, -0.15) is 0 Å². The second kappa shape index (κ2) is 9.68. The maximum Gasteiger partial charge on any atom is 0.328 e. The number of amides is 2. The van der Waals surface area contributed by atoms with Crippen LogP contribution in [0.25, 0.3) is 0 Å². The van der Waals surface area contributed by atoms with Crippen LogP contribution in [0.15, 0.2) is 48.5 Å². The molecule has 6 nitrogen and oxygen atoms in total. The zero-order chi connectivity index (χ0) is 19.8. The summed E-state index contributed by atoms with van der Waals surface area (Å²) < 4.78 is 17.7. The molecule has 0 heterocycles. The second-order valence-corrected chi connectivity index (χ2v) is 6.15. The molecule has 0 aliphatic rings. The van der Waals surface area contributed by atoms with Crippen LogP contribution < -0.4 is 10.6 Å². The molecule has 0 aromatic heterocycles. The third-order valence-corrected chi connectivity index (χ3v) is 3.81. The van der Waals surface area contributed by atoms with Crippen LogP contribution in [0.2, 0.25) is 5.02 Å². The Balaban J connectivity index is 1.73. The lowest BCUT2D eigenvalue weighted by Gasteiger charge is -2.13. The highest BCUT2D eigenvalue weighted by Gasteiger charge is 2.19. The molecule has 0 aliphatic heterocycles. The summed E-state index contributed by atoms with van der Waals surface area (Å²) in [5.74, 6) is -2.08. The number of rotatable bonds is 7. The van der Waals surface area contributed by atoms with E-state index in [1.807, 2.05) is 0 Å². The Morgan fingerprint density at radius 2 is 1.70 bits per heavy atom. The Morgan fingerprint density at radius 3 is 2.33 bits per heavy atom. The van der Waals surface area contributed by atoms with Crippen LogP contribution >= 0.6 is 11.6 Å². The summed E-state index contributed by atoms with van der Waals surface area (Å²) in [6.45, 7) is 1.15. The highest BCUT2D eigenvalue weighted by atomic mass is 35.5. The number of hydrogen-bond acceptors (Lipinski definition) is 4. The van der Waals surface area contributed by atoms with Crippen molar-refractivity contribution in [2.75, 3.05) is 6.61 Å². The van der Waals surface area contributed by atoms with Crippen LogP contribution in [0.5, 0.6) is 0 Å². The molecule has 142 valence electrons. The molecule has 2 N–H and O–H groups in total. The Hall–Kier alpha value is -2.93. The van der Waals surface area contributed by atoms with E-state index in [2.05, 4.69) is 10.6 Å². The van der Waals surface area contributed by atoms with Crippen molar-refractivity contribution < 1.29 is 23.5 Å². The van der Waals surface area contributed by atoms with Crippen LogP contribution in [-0.4, -0.2) is 30.4 Å². The largest absolute Gasteiger partial charge is 0.454 e. The van der Waals surface area contributed by atoms with Gasteiger partial charge in [0, 0.05) is 17.1 Å². The van der Waals surface area contributed by atoms with Crippen molar-refractivity contribution in [1.82, 2.24) is 10.6 Å². The number of ether oxygens (including phenoxy) is 1. The van der Waals surface area contributed by atoms with Crippen LogP contribution in [0, 0.1) is 5.82 Å². The van der Waals surface area contributed by atoms with Gasteiger partial charge in [-0.1, -0.05) is 23.7 Å². The molecular formula is C19H18ClFN2O4. The second-order valence-electron chi connectivity index (χ2n) is 5.71. The van der Waals surface area contributed by atoms with E-state index in [1.54, 1.807) is 12.1 Å². The lowest BCUT2D eigenvalue weighted by molar-refractivity contribution is -0.150. The third kappa shape index (κ3) is 6.71. The molecule has 0 radical (unpaired) electrons. The first-order valence-corrected chi connectivity index (χ1v) is 8.47. The molecule has 8 heteroatoms. The van der Waals surface area contributed by atoms with Crippen molar-refractivity contribution in [2.45, 2.75) is 19.5 Å². The molecule has 2 aromatic rings. The molecule has 0 fully saturated rings. The molecule has 0 saturated heterocycles. The van der Waals surface area contributed by atoms with E-state index in [9.17, 15) is 18.8 Å². The molecule has 2 aromatic carbocycles. The number of halogens is 2. The fraction of sp³-hybridized carbons (Fsp3) is 0.211. The highest BCUT2D eigenvalue weighted by molar-refractivity contribution is 6.30. The number of carbonyl (C=O) groups is 3. The molecule has 0 aliphatic carbocycles. The number of carbonyl (C=O) groups excluding carboxylic acids is 3. The van der Waals surface area contributed by atoms with Crippen molar-refractivity contribution in [3.63, 3.8) is 0 Å². The standard InChI is InChI=1S/C19H18ClFN2O4/c1-12(23-18(25)14-4-6-15(20)7-5-14)19(26)27-11-17(24)22-10-13-2-8-16(21)9-3-13/h2-9,12H,10-11H2,1H3,(H,22,24)(H,23,25)/t12-/m0/s1. The van der Waals surface area contributed by atoms with E-state index in [4.69, 9.17) is 16.3 Å². The minimum absolute atomic E-state index is 0.180. The van der Waals surface area contributed by atoms with Crippen LogP contribution in [0.3, 0.4) is 0 Å².